The second-order valence-corrected chi connectivity index (χ2v) is 7.29. The summed E-state index contributed by atoms with van der Waals surface area (Å²) >= 11 is 1.55. The average Bonchev–Trinajstić information content (AvgIpc) is 3.18. The Morgan fingerprint density at radius 1 is 1.28 bits per heavy atom. The van der Waals surface area contributed by atoms with Crippen molar-refractivity contribution in [3.05, 3.63) is 50.9 Å². The normalized spacial score (nSPS) is 13.2. The van der Waals surface area contributed by atoms with Gasteiger partial charge in [-0.1, -0.05) is 12.1 Å². The Labute approximate surface area is 148 Å². The summed E-state index contributed by atoms with van der Waals surface area (Å²) in [4.78, 5) is 34.8. The standard InChI is InChI=1S/C18H18N4O2S/c1-22-14-7-3-2-5-11(14)19-13(17(22)24)9-10-16(23)21-18-20-12-6-4-8-15(12)25-18/h2-3,5,7H,4,6,8-10H2,1H3,(H,20,21,23). The molecule has 0 bridgehead atoms. The van der Waals surface area contributed by atoms with Crippen molar-refractivity contribution in [2.45, 2.75) is 32.1 Å². The molecule has 6 nitrogen and oxygen atoms in total. The number of hydrogen-bond acceptors (Lipinski definition) is 5. The van der Waals surface area contributed by atoms with Gasteiger partial charge in [0.25, 0.3) is 5.56 Å². The summed E-state index contributed by atoms with van der Waals surface area (Å²) in [6.07, 6.45) is 3.73. The van der Waals surface area contributed by atoms with Gasteiger partial charge >= 0.3 is 0 Å². The van der Waals surface area contributed by atoms with Gasteiger partial charge in [-0.25, -0.2) is 9.97 Å². The quantitative estimate of drug-likeness (QED) is 0.781. The number of anilines is 1. The maximum absolute atomic E-state index is 12.4. The zero-order valence-corrected chi connectivity index (χ0v) is 14.7. The first-order chi connectivity index (χ1) is 12.1. The average molecular weight is 354 g/mol. The number of nitrogens with zero attached hydrogens (tertiary/aromatic N) is 3. The van der Waals surface area contributed by atoms with Crippen molar-refractivity contribution in [1.82, 2.24) is 14.5 Å². The van der Waals surface area contributed by atoms with Gasteiger partial charge in [-0.2, -0.15) is 0 Å². The third-order valence-corrected chi connectivity index (χ3v) is 5.55. The van der Waals surface area contributed by atoms with E-state index in [-0.39, 0.29) is 17.9 Å². The Morgan fingerprint density at radius 3 is 2.96 bits per heavy atom. The fraction of sp³-hybridized carbons (Fsp3) is 0.333. The number of rotatable bonds is 4. The Balaban J connectivity index is 1.47. The van der Waals surface area contributed by atoms with Gasteiger partial charge in [-0.3, -0.25) is 9.59 Å². The van der Waals surface area contributed by atoms with E-state index in [1.165, 1.54) is 4.88 Å². The summed E-state index contributed by atoms with van der Waals surface area (Å²) in [5.74, 6) is -0.135. The molecule has 1 aliphatic rings. The Morgan fingerprint density at radius 2 is 2.12 bits per heavy atom. The van der Waals surface area contributed by atoms with Crippen molar-refractivity contribution in [2.24, 2.45) is 7.05 Å². The highest BCUT2D eigenvalue weighted by molar-refractivity contribution is 7.15. The molecule has 4 rings (SSSR count). The predicted octanol–water partition coefficient (Wildman–Crippen LogP) is 2.45. The summed E-state index contributed by atoms with van der Waals surface area (Å²) in [5, 5.41) is 3.51. The molecule has 2 heterocycles. The first-order valence-corrected chi connectivity index (χ1v) is 9.16. The molecule has 1 amide bonds. The zero-order chi connectivity index (χ0) is 17.4. The number of fused-ring (bicyclic) bond motifs is 2. The van der Waals surface area contributed by atoms with Gasteiger partial charge in [0.1, 0.15) is 5.69 Å². The van der Waals surface area contributed by atoms with Crippen molar-refractivity contribution in [3.63, 3.8) is 0 Å². The van der Waals surface area contributed by atoms with E-state index in [1.54, 1.807) is 23.0 Å². The fourth-order valence-electron chi connectivity index (χ4n) is 3.16. The largest absolute Gasteiger partial charge is 0.308 e. The van der Waals surface area contributed by atoms with Crippen LogP contribution in [0.1, 0.15) is 29.1 Å². The maximum atomic E-state index is 12.4. The van der Waals surface area contributed by atoms with E-state index >= 15 is 0 Å². The minimum Gasteiger partial charge on any atom is -0.308 e. The van der Waals surface area contributed by atoms with Crippen LogP contribution in [0.5, 0.6) is 0 Å². The third kappa shape index (κ3) is 3.07. The van der Waals surface area contributed by atoms with E-state index < -0.39 is 0 Å². The van der Waals surface area contributed by atoms with Crippen molar-refractivity contribution in [1.29, 1.82) is 0 Å². The predicted molar refractivity (Wildman–Crippen MR) is 98.1 cm³/mol. The fourth-order valence-corrected chi connectivity index (χ4v) is 4.22. The number of hydrogen-bond donors (Lipinski definition) is 1. The molecular formula is C18H18N4O2S. The molecule has 0 unspecified atom stereocenters. The Hall–Kier alpha value is -2.54. The Bertz CT molecular complexity index is 1000. The van der Waals surface area contributed by atoms with Crippen molar-refractivity contribution in [3.8, 4) is 0 Å². The molecule has 1 aliphatic carbocycles. The van der Waals surface area contributed by atoms with Crippen LogP contribution in [0.25, 0.3) is 11.0 Å². The van der Waals surface area contributed by atoms with Crippen molar-refractivity contribution in [2.75, 3.05) is 5.32 Å². The number of carbonyl (C=O) groups excluding carboxylic acids is 1. The topological polar surface area (TPSA) is 76.9 Å². The summed E-state index contributed by atoms with van der Waals surface area (Å²) in [7, 11) is 1.73. The van der Waals surface area contributed by atoms with E-state index in [1.807, 2.05) is 24.3 Å². The first kappa shape index (κ1) is 16.0. The molecular weight excluding hydrogens is 336 g/mol. The van der Waals surface area contributed by atoms with E-state index in [4.69, 9.17) is 0 Å². The van der Waals surface area contributed by atoms with Crippen LogP contribution in [0.2, 0.25) is 0 Å². The lowest BCUT2D eigenvalue weighted by Gasteiger charge is -2.07. The number of aryl methyl sites for hydroxylation is 4. The lowest BCUT2D eigenvalue weighted by Crippen LogP contribution is -2.24. The van der Waals surface area contributed by atoms with Crippen LogP contribution in [0.15, 0.2) is 29.1 Å². The monoisotopic (exact) mass is 354 g/mol. The number of benzene rings is 1. The molecule has 0 atom stereocenters. The highest BCUT2D eigenvalue weighted by Crippen LogP contribution is 2.30. The van der Waals surface area contributed by atoms with Crippen LogP contribution in [-0.2, 0) is 31.1 Å². The number of aromatic nitrogens is 3. The van der Waals surface area contributed by atoms with Crippen LogP contribution >= 0.6 is 11.3 Å². The third-order valence-electron chi connectivity index (χ3n) is 4.48. The van der Waals surface area contributed by atoms with Gasteiger partial charge in [0, 0.05) is 24.8 Å². The molecule has 2 aromatic heterocycles. The first-order valence-electron chi connectivity index (χ1n) is 8.35. The molecule has 1 aromatic carbocycles. The zero-order valence-electron chi connectivity index (χ0n) is 13.9. The number of carbonyl (C=O) groups is 1. The highest BCUT2D eigenvalue weighted by atomic mass is 32.1. The molecule has 0 saturated carbocycles. The molecule has 0 aliphatic heterocycles. The molecule has 3 aromatic rings. The van der Waals surface area contributed by atoms with Gasteiger partial charge < -0.3 is 9.88 Å². The van der Waals surface area contributed by atoms with E-state index in [0.29, 0.717) is 17.2 Å². The number of thiazole rings is 1. The molecule has 0 fully saturated rings. The second-order valence-electron chi connectivity index (χ2n) is 6.20. The summed E-state index contributed by atoms with van der Waals surface area (Å²) in [6.45, 7) is 0. The molecule has 7 heteroatoms. The number of para-hydroxylation sites is 2. The Kier molecular flexibility index (Phi) is 4.09. The highest BCUT2D eigenvalue weighted by Gasteiger charge is 2.18. The van der Waals surface area contributed by atoms with Crippen LogP contribution in [0, 0.1) is 0 Å². The molecule has 25 heavy (non-hydrogen) atoms. The maximum Gasteiger partial charge on any atom is 0.272 e. The molecule has 0 saturated heterocycles. The van der Waals surface area contributed by atoms with Gasteiger partial charge in [-0.15, -0.1) is 11.3 Å². The summed E-state index contributed by atoms with van der Waals surface area (Å²) in [6, 6.07) is 7.50. The van der Waals surface area contributed by atoms with Gasteiger partial charge in [0.2, 0.25) is 5.91 Å². The van der Waals surface area contributed by atoms with Crippen molar-refractivity contribution < 1.29 is 4.79 Å². The molecule has 1 N–H and O–H groups in total. The van der Waals surface area contributed by atoms with Crippen LogP contribution in [-0.4, -0.2) is 20.4 Å². The van der Waals surface area contributed by atoms with E-state index in [2.05, 4.69) is 15.3 Å². The molecule has 0 spiro atoms. The summed E-state index contributed by atoms with van der Waals surface area (Å²) < 4.78 is 1.58. The molecule has 128 valence electrons. The lowest BCUT2D eigenvalue weighted by atomic mass is 10.2. The number of nitrogens with one attached hydrogen (secondary N) is 1. The molecule has 0 radical (unpaired) electrons. The summed E-state index contributed by atoms with van der Waals surface area (Å²) in [5.41, 5.74) is 2.93. The van der Waals surface area contributed by atoms with Crippen LogP contribution in [0.4, 0.5) is 5.13 Å². The van der Waals surface area contributed by atoms with E-state index in [9.17, 15) is 9.59 Å². The second kappa shape index (κ2) is 6.40. The lowest BCUT2D eigenvalue weighted by molar-refractivity contribution is -0.116. The van der Waals surface area contributed by atoms with Crippen LogP contribution in [0.3, 0.4) is 0 Å². The van der Waals surface area contributed by atoms with Gasteiger partial charge in [0.15, 0.2) is 5.13 Å². The number of amides is 1. The van der Waals surface area contributed by atoms with Gasteiger partial charge in [-0.05, 0) is 31.4 Å². The van der Waals surface area contributed by atoms with Gasteiger partial charge in [0.05, 0.1) is 16.7 Å². The smallest absolute Gasteiger partial charge is 0.272 e. The van der Waals surface area contributed by atoms with Crippen molar-refractivity contribution >= 4 is 33.4 Å². The minimum absolute atomic E-state index is 0.135. The SMILES string of the molecule is Cn1c(=O)c(CCC(=O)Nc2nc3c(s2)CCC3)nc2ccccc21. The van der Waals surface area contributed by atoms with E-state index in [0.717, 1.165) is 36.0 Å². The van der Waals surface area contributed by atoms with Crippen LogP contribution < -0.4 is 10.9 Å². The minimum atomic E-state index is -0.153.